The van der Waals surface area contributed by atoms with E-state index in [2.05, 4.69) is 5.32 Å². The lowest BCUT2D eigenvalue weighted by Gasteiger charge is -2.13. The summed E-state index contributed by atoms with van der Waals surface area (Å²) in [6.45, 7) is 2.19. The van der Waals surface area contributed by atoms with E-state index in [0.717, 1.165) is 0 Å². The summed E-state index contributed by atoms with van der Waals surface area (Å²) in [5.74, 6) is -0.609. The van der Waals surface area contributed by atoms with Gasteiger partial charge in [-0.05, 0) is 48.4 Å². The van der Waals surface area contributed by atoms with E-state index in [1.807, 2.05) is 6.07 Å². The minimum atomic E-state index is -0.753. The van der Waals surface area contributed by atoms with Crippen LogP contribution in [0.15, 0.2) is 72.3 Å². The number of nitro groups is 1. The largest absolute Gasteiger partial charge is 0.490 e. The van der Waals surface area contributed by atoms with Gasteiger partial charge in [0.2, 0.25) is 0 Å². The Kier molecular flexibility index (Phi) is 7.92. The van der Waals surface area contributed by atoms with E-state index in [9.17, 15) is 24.6 Å². The van der Waals surface area contributed by atoms with E-state index in [1.54, 1.807) is 43.3 Å². The Balaban J connectivity index is 1.79. The SMILES string of the molecule is CCOc1cc(/C=C(\C#N)C(=O)Nc2ccccc2F)ccc1OCc1cccc([N+](=O)[O-])c1. The van der Waals surface area contributed by atoms with Crippen molar-refractivity contribution in [3.05, 3.63) is 99.4 Å². The number of rotatable bonds is 9. The highest BCUT2D eigenvalue weighted by Crippen LogP contribution is 2.30. The van der Waals surface area contributed by atoms with Crippen molar-refractivity contribution in [1.82, 2.24) is 0 Å². The number of nitro benzene ring substituents is 1. The van der Waals surface area contributed by atoms with Gasteiger partial charge in [-0.1, -0.05) is 30.3 Å². The number of nitrogens with one attached hydrogen (secondary N) is 1. The van der Waals surface area contributed by atoms with E-state index in [1.165, 1.54) is 36.4 Å². The lowest BCUT2D eigenvalue weighted by Crippen LogP contribution is -2.14. The van der Waals surface area contributed by atoms with Gasteiger partial charge in [-0.3, -0.25) is 14.9 Å². The summed E-state index contributed by atoms with van der Waals surface area (Å²) in [5.41, 5.74) is 0.803. The van der Waals surface area contributed by atoms with Crippen molar-refractivity contribution in [2.45, 2.75) is 13.5 Å². The molecule has 172 valence electrons. The molecule has 1 amide bonds. The molecule has 0 fully saturated rings. The molecule has 0 aliphatic rings. The maximum Gasteiger partial charge on any atom is 0.269 e. The first-order valence-electron chi connectivity index (χ1n) is 10.2. The number of halogens is 1. The minimum absolute atomic E-state index is 0.0337. The molecule has 34 heavy (non-hydrogen) atoms. The molecule has 1 N–H and O–H groups in total. The second-order valence-corrected chi connectivity index (χ2v) is 6.96. The number of amides is 1. The molecule has 0 aromatic heterocycles. The van der Waals surface area contributed by atoms with Gasteiger partial charge in [0.25, 0.3) is 11.6 Å². The Labute approximate surface area is 195 Å². The lowest BCUT2D eigenvalue weighted by atomic mass is 10.1. The summed E-state index contributed by atoms with van der Waals surface area (Å²) >= 11 is 0. The average molecular weight is 461 g/mol. The molecule has 9 heteroatoms. The molecule has 8 nitrogen and oxygen atoms in total. The third kappa shape index (κ3) is 6.17. The zero-order valence-electron chi connectivity index (χ0n) is 18.2. The maximum absolute atomic E-state index is 13.8. The molecule has 0 atom stereocenters. The Morgan fingerprint density at radius 1 is 1.12 bits per heavy atom. The number of carbonyl (C=O) groups is 1. The van der Waals surface area contributed by atoms with Crippen molar-refractivity contribution in [2.75, 3.05) is 11.9 Å². The molecule has 3 aromatic rings. The van der Waals surface area contributed by atoms with Crippen molar-refractivity contribution in [1.29, 1.82) is 5.26 Å². The smallest absolute Gasteiger partial charge is 0.269 e. The highest BCUT2D eigenvalue weighted by atomic mass is 19.1. The van der Waals surface area contributed by atoms with E-state index in [4.69, 9.17) is 9.47 Å². The molecule has 3 aromatic carbocycles. The summed E-state index contributed by atoms with van der Waals surface area (Å²) in [7, 11) is 0. The summed E-state index contributed by atoms with van der Waals surface area (Å²) in [5, 5.41) is 22.8. The van der Waals surface area contributed by atoms with Gasteiger partial charge in [-0.25, -0.2) is 4.39 Å². The number of carbonyl (C=O) groups excluding carboxylic acids is 1. The minimum Gasteiger partial charge on any atom is -0.490 e. The van der Waals surface area contributed by atoms with E-state index >= 15 is 0 Å². The van der Waals surface area contributed by atoms with Crippen LogP contribution in [0.3, 0.4) is 0 Å². The molecule has 3 rings (SSSR count). The Morgan fingerprint density at radius 2 is 1.91 bits per heavy atom. The van der Waals surface area contributed by atoms with Crippen molar-refractivity contribution in [2.24, 2.45) is 0 Å². The molecule has 0 saturated carbocycles. The van der Waals surface area contributed by atoms with Gasteiger partial charge in [0.15, 0.2) is 11.5 Å². The predicted octanol–water partition coefficient (Wildman–Crippen LogP) is 5.26. The number of hydrogen-bond acceptors (Lipinski definition) is 6. The molecule has 0 aliphatic heterocycles. The van der Waals surface area contributed by atoms with Crippen LogP contribution in [0.25, 0.3) is 6.08 Å². The van der Waals surface area contributed by atoms with Crippen LogP contribution in [0.4, 0.5) is 15.8 Å². The van der Waals surface area contributed by atoms with Gasteiger partial charge in [0.1, 0.15) is 24.1 Å². The van der Waals surface area contributed by atoms with Crippen LogP contribution in [0.1, 0.15) is 18.1 Å². The van der Waals surface area contributed by atoms with Gasteiger partial charge in [0.05, 0.1) is 17.2 Å². The highest BCUT2D eigenvalue weighted by Gasteiger charge is 2.14. The molecule has 0 bridgehead atoms. The number of benzene rings is 3. The van der Waals surface area contributed by atoms with Crippen molar-refractivity contribution in [3.8, 4) is 17.6 Å². The molecule has 0 saturated heterocycles. The number of para-hydroxylation sites is 1. The third-order valence-corrected chi connectivity index (χ3v) is 4.58. The quantitative estimate of drug-likeness (QED) is 0.201. The number of non-ortho nitro benzene ring substituents is 1. The first-order chi connectivity index (χ1) is 16.4. The first kappa shape index (κ1) is 23.9. The molecular weight excluding hydrogens is 441 g/mol. The third-order valence-electron chi connectivity index (χ3n) is 4.58. The summed E-state index contributed by atoms with van der Waals surface area (Å²) in [4.78, 5) is 22.9. The van der Waals surface area contributed by atoms with Crippen molar-refractivity contribution >= 4 is 23.4 Å². The topological polar surface area (TPSA) is 114 Å². The molecule has 0 spiro atoms. The molecular formula is C25H20FN3O5. The number of ether oxygens (including phenoxy) is 2. The zero-order valence-corrected chi connectivity index (χ0v) is 18.2. The van der Waals surface area contributed by atoms with Gasteiger partial charge >= 0.3 is 0 Å². The molecule has 0 radical (unpaired) electrons. The van der Waals surface area contributed by atoms with Crippen LogP contribution in [0.2, 0.25) is 0 Å². The van der Waals surface area contributed by atoms with Crippen LogP contribution in [0, 0.1) is 27.3 Å². The lowest BCUT2D eigenvalue weighted by molar-refractivity contribution is -0.384. The Morgan fingerprint density at radius 3 is 2.62 bits per heavy atom. The Hall–Kier alpha value is -4.71. The fourth-order valence-electron chi connectivity index (χ4n) is 2.99. The average Bonchev–Trinajstić information content (AvgIpc) is 2.83. The second kappa shape index (κ2) is 11.2. The van der Waals surface area contributed by atoms with Crippen molar-refractivity contribution < 1.29 is 23.6 Å². The zero-order chi connectivity index (χ0) is 24.5. The summed E-state index contributed by atoms with van der Waals surface area (Å²) in [6.07, 6.45) is 1.35. The van der Waals surface area contributed by atoms with Gasteiger partial charge in [-0.15, -0.1) is 0 Å². The number of hydrogen-bond donors (Lipinski definition) is 1. The fourth-order valence-corrected chi connectivity index (χ4v) is 2.99. The van der Waals surface area contributed by atoms with E-state index < -0.39 is 16.6 Å². The van der Waals surface area contributed by atoms with Crippen LogP contribution in [0.5, 0.6) is 11.5 Å². The van der Waals surface area contributed by atoms with Crippen LogP contribution in [-0.4, -0.2) is 17.4 Å². The maximum atomic E-state index is 13.8. The predicted molar refractivity (Wildman–Crippen MR) is 124 cm³/mol. The van der Waals surface area contributed by atoms with E-state index in [0.29, 0.717) is 29.2 Å². The van der Waals surface area contributed by atoms with Gasteiger partial charge < -0.3 is 14.8 Å². The highest BCUT2D eigenvalue weighted by molar-refractivity contribution is 6.09. The van der Waals surface area contributed by atoms with Crippen LogP contribution >= 0.6 is 0 Å². The molecule has 0 unspecified atom stereocenters. The molecule has 0 aliphatic carbocycles. The first-order valence-corrected chi connectivity index (χ1v) is 10.2. The van der Waals surface area contributed by atoms with Gasteiger partial charge in [0, 0.05) is 12.1 Å². The van der Waals surface area contributed by atoms with Crippen molar-refractivity contribution in [3.63, 3.8) is 0 Å². The summed E-state index contributed by atoms with van der Waals surface area (Å²) in [6, 6.07) is 18.4. The summed E-state index contributed by atoms with van der Waals surface area (Å²) < 4.78 is 25.2. The number of nitrogens with zero attached hydrogens (tertiary/aromatic N) is 2. The van der Waals surface area contributed by atoms with E-state index in [-0.39, 0.29) is 23.6 Å². The van der Waals surface area contributed by atoms with Crippen LogP contribution < -0.4 is 14.8 Å². The Bertz CT molecular complexity index is 1280. The monoisotopic (exact) mass is 461 g/mol. The van der Waals surface area contributed by atoms with Crippen LogP contribution in [-0.2, 0) is 11.4 Å². The molecule has 0 heterocycles. The normalized spacial score (nSPS) is 10.8. The number of nitriles is 1. The fraction of sp³-hybridized carbons (Fsp3) is 0.120. The standard InChI is InChI=1S/C25H20FN3O5/c1-2-33-24-14-17(12-19(15-27)25(30)28-22-9-4-3-8-21(22)26)10-11-23(24)34-16-18-6-5-7-20(13-18)29(31)32/h3-14H,2,16H2,1H3,(H,28,30)/b19-12+. The number of anilines is 1. The van der Waals surface area contributed by atoms with Gasteiger partial charge in [-0.2, -0.15) is 5.26 Å². The second-order valence-electron chi connectivity index (χ2n) is 6.96.